The molecule has 2 rings (SSSR count). The molecule has 3 unspecified atom stereocenters. The molecule has 0 amide bonds. The predicted molar refractivity (Wildman–Crippen MR) is 88.0 cm³/mol. The lowest BCUT2D eigenvalue weighted by Crippen LogP contribution is -2.32. The van der Waals surface area contributed by atoms with E-state index in [1.807, 2.05) is 6.92 Å². The molecule has 1 N–H and O–H groups in total. The van der Waals surface area contributed by atoms with Gasteiger partial charge in [0.1, 0.15) is 0 Å². The van der Waals surface area contributed by atoms with Crippen LogP contribution in [0.1, 0.15) is 32.6 Å². The van der Waals surface area contributed by atoms with Gasteiger partial charge in [-0.25, -0.2) is 0 Å². The molecule has 0 heterocycles. The molecule has 1 aromatic rings. The second-order valence-electron chi connectivity index (χ2n) is 5.44. The van der Waals surface area contributed by atoms with Crippen LogP contribution in [0, 0.1) is 10.1 Å². The van der Waals surface area contributed by atoms with Crippen LogP contribution in [0.4, 0.5) is 11.4 Å². The molecule has 1 fully saturated rings. The van der Waals surface area contributed by atoms with Gasteiger partial charge in [0.25, 0.3) is 0 Å². The Kier molecular flexibility index (Phi) is 5.76. The van der Waals surface area contributed by atoms with E-state index in [-0.39, 0.29) is 22.7 Å². The molecule has 0 bridgehead atoms. The van der Waals surface area contributed by atoms with Gasteiger partial charge in [-0.3, -0.25) is 14.3 Å². The molecule has 1 saturated carbocycles. The number of nitro groups is 1. The van der Waals surface area contributed by atoms with Gasteiger partial charge >= 0.3 is 5.69 Å². The lowest BCUT2D eigenvalue weighted by atomic mass is 9.94. The maximum Gasteiger partial charge on any atom is 0.311 e. The minimum atomic E-state index is -0.762. The van der Waals surface area contributed by atoms with Crippen LogP contribution < -0.4 is 10.1 Å². The van der Waals surface area contributed by atoms with Crippen molar-refractivity contribution in [3.63, 3.8) is 0 Å². The van der Waals surface area contributed by atoms with Crippen molar-refractivity contribution in [1.29, 1.82) is 0 Å². The number of anilines is 1. The van der Waals surface area contributed by atoms with E-state index in [0.717, 1.165) is 31.4 Å². The molecule has 22 heavy (non-hydrogen) atoms. The summed E-state index contributed by atoms with van der Waals surface area (Å²) in [5.41, 5.74) is 0.761. The third-order valence-corrected chi connectivity index (χ3v) is 5.77. The molecule has 0 radical (unpaired) electrons. The summed E-state index contributed by atoms with van der Waals surface area (Å²) in [4.78, 5) is 10.4. The Bertz CT molecular complexity index is 564. The van der Waals surface area contributed by atoms with Crippen LogP contribution in [0.25, 0.3) is 0 Å². The summed E-state index contributed by atoms with van der Waals surface area (Å²) >= 11 is 0. The fraction of sp³-hybridized carbons (Fsp3) is 0.600. The van der Waals surface area contributed by atoms with Gasteiger partial charge in [-0.15, -0.1) is 0 Å². The molecule has 1 aliphatic carbocycles. The number of nitro benzene ring substituents is 1. The van der Waals surface area contributed by atoms with Gasteiger partial charge in [0, 0.05) is 45.7 Å². The maximum atomic E-state index is 12.0. The molecule has 122 valence electrons. The largest absolute Gasteiger partial charge is 0.490 e. The molecule has 0 spiro atoms. The van der Waals surface area contributed by atoms with Crippen molar-refractivity contribution < 1.29 is 13.9 Å². The van der Waals surface area contributed by atoms with E-state index < -0.39 is 15.7 Å². The Balaban J connectivity index is 2.07. The molecule has 3 atom stereocenters. The van der Waals surface area contributed by atoms with Crippen LogP contribution in [-0.2, 0) is 10.8 Å². The van der Waals surface area contributed by atoms with Gasteiger partial charge < -0.3 is 10.1 Å². The first-order chi connectivity index (χ1) is 10.5. The van der Waals surface area contributed by atoms with E-state index >= 15 is 0 Å². The first kappa shape index (κ1) is 16.7. The summed E-state index contributed by atoms with van der Waals surface area (Å²) in [6.45, 7) is 1.95. The summed E-state index contributed by atoms with van der Waals surface area (Å²) in [7, 11) is 0.662. The van der Waals surface area contributed by atoms with Gasteiger partial charge in [0.15, 0.2) is 5.75 Å². The highest BCUT2D eigenvalue weighted by Gasteiger charge is 2.26. The number of nitrogens with zero attached hydrogens (tertiary/aromatic N) is 1. The molecule has 7 heteroatoms. The van der Waals surface area contributed by atoms with Crippen molar-refractivity contribution in [3.05, 3.63) is 28.3 Å². The Labute approximate surface area is 132 Å². The third-order valence-electron chi connectivity index (χ3n) is 4.03. The second-order valence-corrected chi connectivity index (χ2v) is 7.45. The number of nitrogens with one attached hydrogen (secondary N) is 1. The van der Waals surface area contributed by atoms with E-state index in [1.54, 1.807) is 12.1 Å². The van der Waals surface area contributed by atoms with Crippen molar-refractivity contribution >= 4 is 22.2 Å². The summed E-state index contributed by atoms with van der Waals surface area (Å²) in [6, 6.07) is 5.05. The minimum absolute atomic E-state index is 0.0401. The average Bonchev–Trinajstić information content (AvgIpc) is 2.54. The Morgan fingerprint density at radius 1 is 1.45 bits per heavy atom. The molecule has 1 aromatic carbocycles. The zero-order chi connectivity index (χ0) is 16.1. The SMILES string of the molecule is CCS(=O)C1CCCC(Nc2ccc([N+](=O)[O-])c(OC)c2)C1. The number of benzene rings is 1. The highest BCUT2D eigenvalue weighted by Crippen LogP contribution is 2.31. The Morgan fingerprint density at radius 2 is 2.23 bits per heavy atom. The van der Waals surface area contributed by atoms with Gasteiger partial charge in [-0.05, 0) is 25.3 Å². The van der Waals surface area contributed by atoms with E-state index in [9.17, 15) is 14.3 Å². The molecule has 0 saturated heterocycles. The first-order valence-electron chi connectivity index (χ1n) is 7.51. The van der Waals surface area contributed by atoms with Crippen LogP contribution in [0.15, 0.2) is 18.2 Å². The van der Waals surface area contributed by atoms with Gasteiger partial charge in [0.05, 0.1) is 12.0 Å². The Hall–Kier alpha value is -1.63. The Morgan fingerprint density at radius 3 is 2.86 bits per heavy atom. The molecule has 0 aliphatic heterocycles. The summed E-state index contributed by atoms with van der Waals surface area (Å²) in [5.74, 6) is 0.947. The molecule has 1 aliphatic rings. The topological polar surface area (TPSA) is 81.5 Å². The van der Waals surface area contributed by atoms with Crippen LogP contribution in [0.2, 0.25) is 0 Å². The van der Waals surface area contributed by atoms with E-state index in [4.69, 9.17) is 4.74 Å². The highest BCUT2D eigenvalue weighted by molar-refractivity contribution is 7.85. The fourth-order valence-corrected chi connectivity index (χ4v) is 4.25. The summed E-state index contributed by atoms with van der Waals surface area (Å²) in [5, 5.41) is 14.5. The number of hydrogen-bond acceptors (Lipinski definition) is 5. The van der Waals surface area contributed by atoms with E-state index in [0.29, 0.717) is 5.75 Å². The van der Waals surface area contributed by atoms with Gasteiger partial charge in [-0.1, -0.05) is 13.3 Å². The maximum absolute atomic E-state index is 12.0. The predicted octanol–water partition coefficient (Wildman–Crippen LogP) is 3.10. The molecule has 6 nitrogen and oxygen atoms in total. The van der Waals surface area contributed by atoms with Crippen LogP contribution >= 0.6 is 0 Å². The number of ether oxygens (including phenoxy) is 1. The lowest BCUT2D eigenvalue weighted by molar-refractivity contribution is -0.385. The number of rotatable bonds is 6. The smallest absolute Gasteiger partial charge is 0.311 e. The van der Waals surface area contributed by atoms with Crippen molar-refractivity contribution in [3.8, 4) is 5.75 Å². The van der Waals surface area contributed by atoms with Gasteiger partial charge in [-0.2, -0.15) is 0 Å². The number of methoxy groups -OCH3 is 1. The van der Waals surface area contributed by atoms with Crippen LogP contribution in [-0.4, -0.2) is 33.3 Å². The zero-order valence-electron chi connectivity index (χ0n) is 12.9. The lowest BCUT2D eigenvalue weighted by Gasteiger charge is -2.29. The third kappa shape index (κ3) is 3.97. The van der Waals surface area contributed by atoms with E-state index in [2.05, 4.69) is 5.32 Å². The fourth-order valence-electron chi connectivity index (χ4n) is 2.90. The monoisotopic (exact) mass is 326 g/mol. The minimum Gasteiger partial charge on any atom is -0.490 e. The summed E-state index contributed by atoms with van der Waals surface area (Å²) < 4.78 is 17.1. The number of hydrogen-bond donors (Lipinski definition) is 1. The van der Waals surface area contributed by atoms with Crippen molar-refractivity contribution in [2.75, 3.05) is 18.2 Å². The van der Waals surface area contributed by atoms with Crippen LogP contribution in [0.3, 0.4) is 0 Å². The quantitative estimate of drug-likeness (QED) is 0.641. The van der Waals surface area contributed by atoms with Crippen molar-refractivity contribution in [2.24, 2.45) is 0 Å². The highest BCUT2D eigenvalue weighted by atomic mass is 32.2. The van der Waals surface area contributed by atoms with Crippen molar-refractivity contribution in [1.82, 2.24) is 0 Å². The molecule has 0 aromatic heterocycles. The van der Waals surface area contributed by atoms with Gasteiger partial charge in [0.2, 0.25) is 0 Å². The van der Waals surface area contributed by atoms with Crippen molar-refractivity contribution in [2.45, 2.75) is 43.9 Å². The standard InChI is InChI=1S/C15H22N2O4S/c1-3-22(20)13-6-4-5-11(9-13)16-12-7-8-14(17(18)19)15(10-12)21-2/h7-8,10-11,13,16H,3-6,9H2,1-2H3. The second kappa shape index (κ2) is 7.58. The average molecular weight is 326 g/mol. The molecular formula is C15H22N2O4S. The zero-order valence-corrected chi connectivity index (χ0v) is 13.7. The first-order valence-corrected chi connectivity index (χ1v) is 8.89. The van der Waals surface area contributed by atoms with Crippen LogP contribution in [0.5, 0.6) is 5.75 Å². The molecular weight excluding hydrogens is 304 g/mol. The summed E-state index contributed by atoms with van der Waals surface area (Å²) in [6.07, 6.45) is 3.97. The normalized spacial score (nSPS) is 22.8. The van der Waals surface area contributed by atoms with E-state index in [1.165, 1.54) is 13.2 Å².